The number of aromatic nitrogens is 2. The Labute approximate surface area is 109 Å². The van der Waals surface area contributed by atoms with Gasteiger partial charge in [0.15, 0.2) is 0 Å². The minimum Gasteiger partial charge on any atom is -0.491 e. The first kappa shape index (κ1) is 13.0. The summed E-state index contributed by atoms with van der Waals surface area (Å²) >= 11 is 0. The van der Waals surface area contributed by atoms with Crippen LogP contribution in [0.5, 0.6) is 5.75 Å². The van der Waals surface area contributed by atoms with E-state index in [-0.39, 0.29) is 12.3 Å². The van der Waals surface area contributed by atoms with Crippen LogP contribution in [-0.2, 0) is 6.54 Å². The predicted molar refractivity (Wildman–Crippen MR) is 66.8 cm³/mol. The van der Waals surface area contributed by atoms with Gasteiger partial charge in [-0.3, -0.25) is 14.8 Å². The molecular formula is C12H13N3O4. The zero-order valence-electron chi connectivity index (χ0n) is 10.0. The van der Waals surface area contributed by atoms with Gasteiger partial charge in [0.2, 0.25) is 0 Å². The molecule has 19 heavy (non-hydrogen) atoms. The molecule has 2 aromatic rings. The number of nitrogens with zero attached hydrogens (tertiary/aromatic N) is 3. The Morgan fingerprint density at radius 3 is 3.00 bits per heavy atom. The van der Waals surface area contributed by atoms with Crippen LogP contribution in [0, 0.1) is 10.1 Å². The summed E-state index contributed by atoms with van der Waals surface area (Å²) in [7, 11) is 0. The maximum absolute atomic E-state index is 10.6. The Morgan fingerprint density at radius 2 is 2.32 bits per heavy atom. The highest BCUT2D eigenvalue weighted by molar-refractivity contribution is 5.37. The average molecular weight is 263 g/mol. The van der Waals surface area contributed by atoms with E-state index in [1.54, 1.807) is 29.2 Å². The molecule has 1 aromatic heterocycles. The van der Waals surface area contributed by atoms with Crippen molar-refractivity contribution >= 4 is 5.69 Å². The van der Waals surface area contributed by atoms with E-state index in [0.717, 1.165) is 0 Å². The van der Waals surface area contributed by atoms with Crippen LogP contribution in [0.2, 0.25) is 0 Å². The maximum atomic E-state index is 10.6. The largest absolute Gasteiger partial charge is 0.491 e. The lowest BCUT2D eigenvalue weighted by molar-refractivity contribution is -0.384. The number of ether oxygens (including phenoxy) is 1. The van der Waals surface area contributed by atoms with E-state index in [2.05, 4.69) is 5.10 Å². The van der Waals surface area contributed by atoms with Crippen LogP contribution in [0.25, 0.3) is 0 Å². The molecule has 7 heteroatoms. The molecule has 1 N–H and O–H groups in total. The first-order valence-corrected chi connectivity index (χ1v) is 5.68. The summed E-state index contributed by atoms with van der Waals surface area (Å²) < 4.78 is 6.90. The zero-order valence-corrected chi connectivity index (χ0v) is 10.0. The van der Waals surface area contributed by atoms with Gasteiger partial charge in [-0.2, -0.15) is 5.10 Å². The number of aliphatic hydroxyl groups is 1. The van der Waals surface area contributed by atoms with Gasteiger partial charge in [-0.05, 0) is 12.1 Å². The molecule has 1 unspecified atom stereocenters. The number of rotatable bonds is 6. The van der Waals surface area contributed by atoms with Crippen molar-refractivity contribution in [3.63, 3.8) is 0 Å². The van der Waals surface area contributed by atoms with Crippen LogP contribution in [0.3, 0.4) is 0 Å². The van der Waals surface area contributed by atoms with Crippen molar-refractivity contribution in [1.82, 2.24) is 9.78 Å². The number of hydrogen-bond donors (Lipinski definition) is 1. The first-order chi connectivity index (χ1) is 9.15. The number of benzene rings is 1. The van der Waals surface area contributed by atoms with E-state index in [1.807, 2.05) is 0 Å². The third-order valence-corrected chi connectivity index (χ3v) is 2.43. The fourth-order valence-electron chi connectivity index (χ4n) is 1.56. The highest BCUT2D eigenvalue weighted by atomic mass is 16.6. The van der Waals surface area contributed by atoms with Gasteiger partial charge in [0.1, 0.15) is 18.5 Å². The van der Waals surface area contributed by atoms with E-state index >= 15 is 0 Å². The minimum absolute atomic E-state index is 0.0425. The third kappa shape index (κ3) is 3.78. The normalized spacial score (nSPS) is 12.1. The van der Waals surface area contributed by atoms with Crippen LogP contribution in [-0.4, -0.2) is 32.5 Å². The number of hydrogen-bond acceptors (Lipinski definition) is 5. The van der Waals surface area contributed by atoms with Crippen molar-refractivity contribution in [1.29, 1.82) is 0 Å². The molecule has 0 aliphatic heterocycles. The molecule has 100 valence electrons. The maximum Gasteiger partial charge on any atom is 0.273 e. The number of nitro groups is 1. The summed E-state index contributed by atoms with van der Waals surface area (Å²) in [5.41, 5.74) is -0.0425. The van der Waals surface area contributed by atoms with E-state index in [9.17, 15) is 15.2 Å². The van der Waals surface area contributed by atoms with Crippen LogP contribution >= 0.6 is 0 Å². The average Bonchev–Trinajstić information content (AvgIpc) is 2.89. The molecule has 2 rings (SSSR count). The molecular weight excluding hydrogens is 250 g/mol. The molecule has 0 saturated heterocycles. The van der Waals surface area contributed by atoms with E-state index in [4.69, 9.17) is 4.74 Å². The van der Waals surface area contributed by atoms with Gasteiger partial charge in [-0.25, -0.2) is 0 Å². The molecule has 0 fully saturated rings. The Bertz CT molecular complexity index is 542. The van der Waals surface area contributed by atoms with Gasteiger partial charge >= 0.3 is 0 Å². The molecule has 1 atom stereocenters. The molecule has 0 aliphatic rings. The molecule has 7 nitrogen and oxygen atoms in total. The second kappa shape index (κ2) is 5.96. The van der Waals surface area contributed by atoms with Gasteiger partial charge in [0, 0.05) is 18.5 Å². The van der Waals surface area contributed by atoms with Gasteiger partial charge in [0.05, 0.1) is 17.5 Å². The monoisotopic (exact) mass is 263 g/mol. The topological polar surface area (TPSA) is 90.4 Å². The Morgan fingerprint density at radius 1 is 1.47 bits per heavy atom. The predicted octanol–water partition coefficient (Wildman–Crippen LogP) is 1.23. The molecule has 1 heterocycles. The SMILES string of the molecule is O=[N+]([O-])c1cccc(OCC(O)Cn2cccn2)c1. The quantitative estimate of drug-likeness (QED) is 0.625. The lowest BCUT2D eigenvalue weighted by atomic mass is 10.3. The van der Waals surface area contributed by atoms with Crippen LogP contribution in [0.4, 0.5) is 5.69 Å². The zero-order chi connectivity index (χ0) is 13.7. The summed E-state index contributed by atoms with van der Waals surface area (Å²) in [4.78, 5) is 10.1. The fraction of sp³-hybridized carbons (Fsp3) is 0.250. The minimum atomic E-state index is -0.737. The van der Waals surface area contributed by atoms with Crippen molar-refractivity contribution in [3.05, 3.63) is 52.8 Å². The van der Waals surface area contributed by atoms with Gasteiger partial charge in [0.25, 0.3) is 5.69 Å². The Balaban J connectivity index is 1.88. The molecule has 0 saturated carbocycles. The van der Waals surface area contributed by atoms with E-state index in [0.29, 0.717) is 12.3 Å². The number of non-ortho nitro benzene ring substituents is 1. The van der Waals surface area contributed by atoms with Gasteiger partial charge in [-0.1, -0.05) is 6.07 Å². The van der Waals surface area contributed by atoms with Crippen molar-refractivity contribution < 1.29 is 14.8 Å². The first-order valence-electron chi connectivity index (χ1n) is 5.68. The van der Waals surface area contributed by atoms with Gasteiger partial charge < -0.3 is 9.84 Å². The van der Waals surface area contributed by atoms with Crippen molar-refractivity contribution in [2.45, 2.75) is 12.6 Å². The summed E-state index contributed by atoms with van der Waals surface area (Å²) in [6, 6.07) is 7.60. The van der Waals surface area contributed by atoms with Crippen molar-refractivity contribution in [2.75, 3.05) is 6.61 Å². The smallest absolute Gasteiger partial charge is 0.273 e. The number of nitro benzene ring substituents is 1. The lowest BCUT2D eigenvalue weighted by Gasteiger charge is -2.12. The van der Waals surface area contributed by atoms with Crippen LogP contribution in [0.15, 0.2) is 42.7 Å². The Kier molecular flexibility index (Phi) is 4.09. The van der Waals surface area contributed by atoms with Gasteiger partial charge in [-0.15, -0.1) is 0 Å². The summed E-state index contributed by atoms with van der Waals surface area (Å²) in [6.45, 7) is 0.350. The highest BCUT2D eigenvalue weighted by Crippen LogP contribution is 2.19. The second-order valence-corrected chi connectivity index (χ2v) is 3.95. The molecule has 0 bridgehead atoms. The lowest BCUT2D eigenvalue weighted by Crippen LogP contribution is -2.23. The molecule has 1 aromatic carbocycles. The second-order valence-electron chi connectivity index (χ2n) is 3.95. The Hall–Kier alpha value is -2.41. The summed E-state index contributed by atoms with van der Waals surface area (Å²) in [5.74, 6) is 0.355. The summed E-state index contributed by atoms with van der Waals surface area (Å²) in [6.07, 6.45) is 2.62. The highest BCUT2D eigenvalue weighted by Gasteiger charge is 2.09. The van der Waals surface area contributed by atoms with Crippen molar-refractivity contribution in [3.8, 4) is 5.75 Å². The number of aliphatic hydroxyl groups excluding tert-OH is 1. The van der Waals surface area contributed by atoms with Crippen molar-refractivity contribution in [2.24, 2.45) is 0 Å². The third-order valence-electron chi connectivity index (χ3n) is 2.43. The van der Waals surface area contributed by atoms with E-state index < -0.39 is 11.0 Å². The molecule has 0 amide bonds. The molecule has 0 radical (unpaired) electrons. The van der Waals surface area contributed by atoms with Crippen LogP contribution in [0.1, 0.15) is 0 Å². The standard InChI is InChI=1S/C12H13N3O4/c16-11(8-14-6-2-5-13-14)9-19-12-4-1-3-10(7-12)15(17)18/h1-7,11,16H,8-9H2. The van der Waals surface area contributed by atoms with Crippen LogP contribution < -0.4 is 4.74 Å². The molecule has 0 aliphatic carbocycles. The van der Waals surface area contributed by atoms with E-state index in [1.165, 1.54) is 18.2 Å². The fourth-order valence-corrected chi connectivity index (χ4v) is 1.56. The molecule has 0 spiro atoms. The summed E-state index contributed by atoms with van der Waals surface area (Å²) in [5, 5.41) is 24.3.